The molecule has 132 valence electrons. The van der Waals surface area contributed by atoms with Crippen LogP contribution < -0.4 is 4.90 Å². The average Bonchev–Trinajstić information content (AvgIpc) is 3.29. The third kappa shape index (κ3) is 3.89. The number of carboxylic acid groups (broad SMARTS) is 1. The van der Waals surface area contributed by atoms with Gasteiger partial charge in [0.25, 0.3) is 0 Å². The molecule has 2 aromatic rings. The summed E-state index contributed by atoms with van der Waals surface area (Å²) in [5.41, 5.74) is 1.31. The van der Waals surface area contributed by atoms with Gasteiger partial charge in [-0.1, -0.05) is 37.3 Å². The van der Waals surface area contributed by atoms with Crippen molar-refractivity contribution in [2.45, 2.75) is 19.6 Å². The highest BCUT2D eigenvalue weighted by atomic mass is 32.1. The largest absolute Gasteiger partial charge is 0.477 e. The van der Waals surface area contributed by atoms with Crippen LogP contribution in [-0.4, -0.2) is 43.0 Å². The van der Waals surface area contributed by atoms with Crippen molar-refractivity contribution in [2.75, 3.05) is 24.7 Å². The van der Waals surface area contributed by atoms with E-state index in [2.05, 4.69) is 0 Å². The number of ether oxygens (including phenoxy) is 2. The number of nitrogens with zero attached hydrogens (tertiary/aromatic N) is 1. The second-order valence-corrected chi connectivity index (χ2v) is 6.58. The van der Waals surface area contributed by atoms with Gasteiger partial charge in [0.05, 0.1) is 25.4 Å². The Morgan fingerprint density at radius 2 is 1.92 bits per heavy atom. The van der Waals surface area contributed by atoms with Crippen LogP contribution in [0.1, 0.15) is 23.0 Å². The van der Waals surface area contributed by atoms with Crippen LogP contribution in [0.15, 0.2) is 36.4 Å². The maximum Gasteiger partial charge on any atom is 0.348 e. The Balaban J connectivity index is 2.00. The summed E-state index contributed by atoms with van der Waals surface area (Å²) in [5.74, 6) is -1.22. The summed E-state index contributed by atoms with van der Waals surface area (Å²) in [4.78, 5) is 26.6. The number of hydrogen-bond donors (Lipinski definition) is 1. The van der Waals surface area contributed by atoms with E-state index in [4.69, 9.17) is 9.47 Å². The standard InChI is InChI=1S/C18H19NO5S/c1-2-15(20)19(11-16-23-8-9-24-16)13-10-14(25-17(13)18(21)22)12-6-4-3-5-7-12/h3-7,10,16H,2,8-9,11H2,1H3,(H,21,22). The first-order valence-electron chi connectivity index (χ1n) is 8.06. The molecule has 1 N–H and O–H groups in total. The zero-order valence-corrected chi connectivity index (χ0v) is 14.6. The Morgan fingerprint density at radius 1 is 1.24 bits per heavy atom. The Hall–Kier alpha value is -2.22. The van der Waals surface area contributed by atoms with Gasteiger partial charge in [0.1, 0.15) is 4.88 Å². The molecule has 6 nitrogen and oxygen atoms in total. The van der Waals surface area contributed by atoms with E-state index in [0.29, 0.717) is 18.9 Å². The molecule has 1 amide bonds. The lowest BCUT2D eigenvalue weighted by Gasteiger charge is -2.24. The van der Waals surface area contributed by atoms with Gasteiger partial charge in [-0.2, -0.15) is 0 Å². The molecule has 1 aliphatic heterocycles. The predicted octanol–water partition coefficient (Wildman–Crippen LogP) is 3.23. The topological polar surface area (TPSA) is 76.1 Å². The zero-order chi connectivity index (χ0) is 17.8. The molecule has 0 spiro atoms. The number of carbonyl (C=O) groups excluding carboxylic acids is 1. The summed E-state index contributed by atoms with van der Waals surface area (Å²) in [6.45, 7) is 2.88. The van der Waals surface area contributed by atoms with Crippen molar-refractivity contribution in [3.8, 4) is 10.4 Å². The highest BCUT2D eigenvalue weighted by molar-refractivity contribution is 7.18. The number of carbonyl (C=O) groups is 2. The lowest BCUT2D eigenvalue weighted by atomic mass is 10.2. The number of carboxylic acids is 1. The van der Waals surface area contributed by atoms with Gasteiger partial charge in [0, 0.05) is 11.3 Å². The van der Waals surface area contributed by atoms with Crippen LogP contribution in [0.2, 0.25) is 0 Å². The number of hydrogen-bond acceptors (Lipinski definition) is 5. The first kappa shape index (κ1) is 17.6. The van der Waals surface area contributed by atoms with E-state index >= 15 is 0 Å². The van der Waals surface area contributed by atoms with Crippen molar-refractivity contribution in [1.82, 2.24) is 0 Å². The van der Waals surface area contributed by atoms with Crippen LogP contribution in [0, 0.1) is 0 Å². The molecule has 0 radical (unpaired) electrons. The molecule has 0 bridgehead atoms. The van der Waals surface area contributed by atoms with E-state index in [0.717, 1.165) is 21.8 Å². The number of aromatic carboxylic acids is 1. The smallest absolute Gasteiger partial charge is 0.348 e. The summed E-state index contributed by atoms with van der Waals surface area (Å²) in [6.07, 6.45) is -0.264. The molecule has 0 saturated carbocycles. The number of thiophene rings is 1. The third-order valence-corrected chi connectivity index (χ3v) is 5.04. The number of anilines is 1. The highest BCUT2D eigenvalue weighted by Gasteiger charge is 2.28. The quantitative estimate of drug-likeness (QED) is 0.855. The van der Waals surface area contributed by atoms with E-state index in [9.17, 15) is 14.7 Å². The minimum atomic E-state index is -1.05. The van der Waals surface area contributed by atoms with Gasteiger partial charge in [-0.3, -0.25) is 4.79 Å². The fraction of sp³-hybridized carbons (Fsp3) is 0.333. The second kappa shape index (κ2) is 7.77. The molecule has 3 rings (SSSR count). The SMILES string of the molecule is CCC(=O)N(CC1OCCO1)c1cc(-c2ccccc2)sc1C(=O)O. The van der Waals surface area contributed by atoms with Gasteiger partial charge in [-0.05, 0) is 11.6 Å². The van der Waals surface area contributed by atoms with Crippen molar-refractivity contribution >= 4 is 28.9 Å². The van der Waals surface area contributed by atoms with Crippen LogP contribution in [0.5, 0.6) is 0 Å². The zero-order valence-electron chi connectivity index (χ0n) is 13.8. The van der Waals surface area contributed by atoms with E-state index in [1.165, 1.54) is 4.90 Å². The van der Waals surface area contributed by atoms with Crippen molar-refractivity contribution in [3.05, 3.63) is 41.3 Å². The molecule has 7 heteroatoms. The molecule has 0 atom stereocenters. The van der Waals surface area contributed by atoms with Gasteiger partial charge in [0.2, 0.25) is 5.91 Å². The molecule has 1 saturated heterocycles. The molecular weight excluding hydrogens is 342 g/mol. The third-order valence-electron chi connectivity index (χ3n) is 3.88. The maximum absolute atomic E-state index is 12.4. The molecule has 1 aliphatic rings. The van der Waals surface area contributed by atoms with Gasteiger partial charge in [-0.15, -0.1) is 11.3 Å². The summed E-state index contributed by atoms with van der Waals surface area (Å²) in [6, 6.07) is 11.3. The Labute approximate surface area is 149 Å². The van der Waals surface area contributed by atoms with E-state index in [1.807, 2.05) is 30.3 Å². The predicted molar refractivity (Wildman–Crippen MR) is 95.1 cm³/mol. The van der Waals surface area contributed by atoms with E-state index in [-0.39, 0.29) is 23.7 Å². The van der Waals surface area contributed by atoms with Crippen molar-refractivity contribution in [3.63, 3.8) is 0 Å². The maximum atomic E-state index is 12.4. The summed E-state index contributed by atoms with van der Waals surface area (Å²) in [7, 11) is 0. The van der Waals surface area contributed by atoms with Gasteiger partial charge in [-0.25, -0.2) is 4.79 Å². The normalized spacial score (nSPS) is 14.6. The molecule has 1 aromatic heterocycles. The van der Waals surface area contributed by atoms with Gasteiger partial charge >= 0.3 is 5.97 Å². The molecule has 25 heavy (non-hydrogen) atoms. The second-order valence-electron chi connectivity index (χ2n) is 5.53. The lowest BCUT2D eigenvalue weighted by molar-refractivity contribution is -0.119. The minimum absolute atomic E-state index is 0.138. The van der Waals surface area contributed by atoms with Crippen LogP contribution in [0.4, 0.5) is 5.69 Å². The monoisotopic (exact) mass is 361 g/mol. The summed E-state index contributed by atoms with van der Waals surface area (Å²) < 4.78 is 10.9. The van der Waals surface area contributed by atoms with Gasteiger partial charge < -0.3 is 19.5 Å². The fourth-order valence-corrected chi connectivity index (χ4v) is 3.67. The minimum Gasteiger partial charge on any atom is -0.477 e. The van der Waals surface area contributed by atoms with Crippen molar-refractivity contribution in [2.24, 2.45) is 0 Å². The van der Waals surface area contributed by atoms with Crippen molar-refractivity contribution < 1.29 is 24.2 Å². The van der Waals surface area contributed by atoms with Crippen LogP contribution in [0.3, 0.4) is 0 Å². The molecule has 1 aromatic carbocycles. The first-order chi connectivity index (χ1) is 12.1. The molecular formula is C18H19NO5S. The van der Waals surface area contributed by atoms with Crippen molar-refractivity contribution in [1.29, 1.82) is 0 Å². The molecule has 0 aliphatic carbocycles. The van der Waals surface area contributed by atoms with Crippen LogP contribution >= 0.6 is 11.3 Å². The number of benzene rings is 1. The summed E-state index contributed by atoms with van der Waals surface area (Å²) >= 11 is 1.16. The van der Waals surface area contributed by atoms with Crippen LogP contribution in [-0.2, 0) is 14.3 Å². The number of amides is 1. The summed E-state index contributed by atoms with van der Waals surface area (Å²) in [5, 5.41) is 9.60. The highest BCUT2D eigenvalue weighted by Crippen LogP contribution is 2.37. The molecule has 1 fully saturated rings. The molecule has 2 heterocycles. The first-order valence-corrected chi connectivity index (χ1v) is 8.88. The number of rotatable bonds is 6. The average molecular weight is 361 g/mol. The Morgan fingerprint density at radius 3 is 2.52 bits per heavy atom. The Bertz CT molecular complexity index is 752. The fourth-order valence-electron chi connectivity index (χ4n) is 2.67. The van der Waals surface area contributed by atoms with E-state index < -0.39 is 12.3 Å². The van der Waals surface area contributed by atoms with Crippen LogP contribution in [0.25, 0.3) is 10.4 Å². The van der Waals surface area contributed by atoms with Gasteiger partial charge in [0.15, 0.2) is 6.29 Å². The Kier molecular flexibility index (Phi) is 5.47. The molecule has 0 unspecified atom stereocenters. The van der Waals surface area contributed by atoms with E-state index in [1.54, 1.807) is 13.0 Å². The lowest BCUT2D eigenvalue weighted by Crippen LogP contribution is -2.38.